The van der Waals surface area contributed by atoms with Gasteiger partial charge in [0.15, 0.2) is 0 Å². The van der Waals surface area contributed by atoms with Gasteiger partial charge in [0.2, 0.25) is 5.91 Å². The maximum Gasteiger partial charge on any atom is 0.365 e. The average molecular weight is 435 g/mol. The Morgan fingerprint density at radius 3 is 2.38 bits per heavy atom. The lowest BCUT2D eigenvalue weighted by atomic mass is 9.64. The normalized spacial score (nSPS) is 26.7. The van der Waals surface area contributed by atoms with Crippen molar-refractivity contribution in [1.29, 1.82) is 0 Å². The Bertz CT molecular complexity index is 1130. The predicted octanol–water partition coefficient (Wildman–Crippen LogP) is 4.96. The summed E-state index contributed by atoms with van der Waals surface area (Å²) in [4.78, 5) is 42.0. The topological polar surface area (TPSA) is 111 Å². The van der Waals surface area contributed by atoms with Crippen molar-refractivity contribution in [3.63, 3.8) is 0 Å². The zero-order valence-electron chi connectivity index (χ0n) is 18.3. The first kappa shape index (κ1) is 21.7. The predicted molar refractivity (Wildman–Crippen MR) is 119 cm³/mol. The Hall–Kier alpha value is -3.55. The lowest BCUT2D eigenvalue weighted by Gasteiger charge is -2.39. The Morgan fingerprint density at radius 1 is 1.03 bits per heavy atom. The molecule has 166 valence electrons. The number of anilines is 1. The number of oxime groups is 1. The largest absolute Gasteiger partial charge is 0.365 e. The summed E-state index contributed by atoms with van der Waals surface area (Å²) >= 11 is 0. The van der Waals surface area contributed by atoms with Crippen LogP contribution in [0.3, 0.4) is 0 Å². The van der Waals surface area contributed by atoms with E-state index in [4.69, 9.17) is 4.84 Å². The van der Waals surface area contributed by atoms with Crippen molar-refractivity contribution in [3.8, 4) is 0 Å². The highest BCUT2D eigenvalue weighted by molar-refractivity contribution is 6.07. The molecule has 2 atom stereocenters. The third kappa shape index (κ3) is 3.09. The van der Waals surface area contributed by atoms with E-state index in [0.29, 0.717) is 30.5 Å². The van der Waals surface area contributed by atoms with Gasteiger partial charge < -0.3 is 10.2 Å². The standard InChI is InChI=1S/C24H25N3O5/c1-22(2)23(3)13-14-24(22,21(29)25-17-11-7-8-12-18(17)27(30)31)15-19(23)26-32-20(28)16-9-5-4-6-10-16/h4-12H,13-15H2,1-3H3,(H,25,29)/b26-19+. The summed E-state index contributed by atoms with van der Waals surface area (Å²) in [6.45, 7) is 6.07. The van der Waals surface area contributed by atoms with Crippen LogP contribution in [-0.4, -0.2) is 22.5 Å². The molecule has 0 aliphatic heterocycles. The molecule has 8 heteroatoms. The van der Waals surface area contributed by atoms with Crippen LogP contribution in [0.2, 0.25) is 0 Å². The van der Waals surface area contributed by atoms with Crippen LogP contribution in [0.5, 0.6) is 0 Å². The van der Waals surface area contributed by atoms with E-state index in [1.807, 2.05) is 26.8 Å². The number of fused-ring (bicyclic) bond motifs is 2. The molecule has 0 heterocycles. The van der Waals surface area contributed by atoms with Crippen LogP contribution in [-0.2, 0) is 9.63 Å². The van der Waals surface area contributed by atoms with Gasteiger partial charge in [0.05, 0.1) is 21.6 Å². The molecule has 2 aliphatic carbocycles. The molecule has 0 spiro atoms. The summed E-state index contributed by atoms with van der Waals surface area (Å²) in [5, 5.41) is 18.4. The van der Waals surface area contributed by atoms with Crippen LogP contribution in [0, 0.1) is 26.4 Å². The molecular weight excluding hydrogens is 410 g/mol. The Balaban J connectivity index is 1.62. The monoisotopic (exact) mass is 435 g/mol. The summed E-state index contributed by atoms with van der Waals surface area (Å²) in [5.41, 5.74) is -0.676. The molecule has 0 aromatic heterocycles. The summed E-state index contributed by atoms with van der Waals surface area (Å²) in [6, 6.07) is 14.7. The highest BCUT2D eigenvalue weighted by Crippen LogP contribution is 2.71. The third-order valence-electron chi connectivity index (χ3n) is 7.77. The number of hydrogen-bond acceptors (Lipinski definition) is 6. The van der Waals surface area contributed by atoms with E-state index >= 15 is 0 Å². The maximum atomic E-state index is 13.5. The smallest absolute Gasteiger partial charge is 0.320 e. The summed E-state index contributed by atoms with van der Waals surface area (Å²) < 4.78 is 0. The van der Waals surface area contributed by atoms with Gasteiger partial charge >= 0.3 is 5.97 Å². The Labute approximate surface area is 185 Å². The van der Waals surface area contributed by atoms with Gasteiger partial charge in [-0.1, -0.05) is 56.3 Å². The van der Waals surface area contributed by atoms with Crippen LogP contribution in [0.15, 0.2) is 59.8 Å². The van der Waals surface area contributed by atoms with Gasteiger partial charge in [-0.2, -0.15) is 0 Å². The zero-order chi connectivity index (χ0) is 23.1. The van der Waals surface area contributed by atoms with Gasteiger partial charge in [-0.15, -0.1) is 0 Å². The van der Waals surface area contributed by atoms with Gasteiger partial charge in [-0.25, -0.2) is 4.79 Å². The molecule has 2 fully saturated rings. The molecular formula is C24H25N3O5. The number of hydrogen-bond donors (Lipinski definition) is 1. The van der Waals surface area contributed by atoms with Gasteiger partial charge in [-0.3, -0.25) is 14.9 Å². The fourth-order valence-corrected chi connectivity index (χ4v) is 5.23. The van der Waals surface area contributed by atoms with E-state index in [-0.39, 0.29) is 17.3 Å². The van der Waals surface area contributed by atoms with Gasteiger partial charge in [0.1, 0.15) is 5.69 Å². The highest BCUT2D eigenvalue weighted by atomic mass is 16.7. The maximum absolute atomic E-state index is 13.5. The molecule has 1 amide bonds. The molecule has 0 saturated heterocycles. The van der Waals surface area contributed by atoms with Crippen molar-refractivity contribution in [2.24, 2.45) is 21.4 Å². The number of carbonyl (C=O) groups excluding carboxylic acids is 2. The SMILES string of the molecule is CC12CCC(C(=O)Nc3ccccc3[N+](=O)[O-])(C/C1=N\OC(=O)c1ccccc1)C2(C)C. The molecule has 32 heavy (non-hydrogen) atoms. The molecule has 2 unspecified atom stereocenters. The van der Waals surface area contributed by atoms with Crippen molar-refractivity contribution in [1.82, 2.24) is 0 Å². The number of nitro benzene ring substituents is 1. The van der Waals surface area contributed by atoms with Crippen molar-refractivity contribution < 1.29 is 19.3 Å². The lowest BCUT2D eigenvalue weighted by molar-refractivity contribution is -0.383. The molecule has 2 aliphatic rings. The first-order chi connectivity index (χ1) is 15.1. The van der Waals surface area contributed by atoms with Crippen molar-refractivity contribution in [3.05, 3.63) is 70.3 Å². The van der Waals surface area contributed by atoms with E-state index in [0.717, 1.165) is 0 Å². The molecule has 4 rings (SSSR count). The first-order valence-electron chi connectivity index (χ1n) is 10.5. The molecule has 1 N–H and O–H groups in total. The van der Waals surface area contributed by atoms with E-state index in [2.05, 4.69) is 10.5 Å². The quantitative estimate of drug-likeness (QED) is 0.405. The molecule has 2 bridgehead atoms. The number of para-hydroxylation sites is 2. The zero-order valence-corrected chi connectivity index (χ0v) is 18.3. The first-order valence-corrected chi connectivity index (χ1v) is 10.5. The molecule has 2 aromatic carbocycles. The Kier molecular flexibility index (Phi) is 5.11. The second-order valence-electron chi connectivity index (χ2n) is 9.23. The average Bonchev–Trinajstić information content (AvgIpc) is 3.09. The minimum absolute atomic E-state index is 0.153. The van der Waals surface area contributed by atoms with Crippen LogP contribution in [0.1, 0.15) is 50.4 Å². The second-order valence-corrected chi connectivity index (χ2v) is 9.23. The van der Waals surface area contributed by atoms with E-state index in [1.54, 1.807) is 36.4 Å². The highest BCUT2D eigenvalue weighted by Gasteiger charge is 2.71. The summed E-state index contributed by atoms with van der Waals surface area (Å²) in [5.74, 6) is -0.833. The number of nitrogens with zero attached hydrogens (tertiary/aromatic N) is 2. The molecule has 2 aromatic rings. The van der Waals surface area contributed by atoms with E-state index in [1.165, 1.54) is 12.1 Å². The van der Waals surface area contributed by atoms with E-state index in [9.17, 15) is 19.7 Å². The van der Waals surface area contributed by atoms with Crippen LogP contribution >= 0.6 is 0 Å². The fourth-order valence-electron chi connectivity index (χ4n) is 5.23. The number of carbonyl (C=O) groups is 2. The number of amides is 1. The Morgan fingerprint density at radius 2 is 1.69 bits per heavy atom. The van der Waals surface area contributed by atoms with Crippen LogP contribution in [0.4, 0.5) is 11.4 Å². The fraction of sp³-hybridized carbons (Fsp3) is 0.375. The molecule has 2 saturated carbocycles. The number of rotatable bonds is 5. The van der Waals surface area contributed by atoms with Gasteiger partial charge in [0, 0.05) is 17.9 Å². The van der Waals surface area contributed by atoms with Crippen LogP contribution in [0.25, 0.3) is 0 Å². The van der Waals surface area contributed by atoms with Gasteiger partial charge in [-0.05, 0) is 36.5 Å². The summed E-state index contributed by atoms with van der Waals surface area (Å²) in [6.07, 6.45) is 1.64. The van der Waals surface area contributed by atoms with E-state index < -0.39 is 27.1 Å². The van der Waals surface area contributed by atoms with Crippen molar-refractivity contribution in [2.75, 3.05) is 5.32 Å². The second kappa shape index (κ2) is 7.55. The minimum Gasteiger partial charge on any atom is -0.320 e. The third-order valence-corrected chi connectivity index (χ3v) is 7.77. The minimum atomic E-state index is -0.816. The number of nitro groups is 1. The molecule has 8 nitrogen and oxygen atoms in total. The molecule has 0 radical (unpaired) electrons. The van der Waals surface area contributed by atoms with Gasteiger partial charge in [0.25, 0.3) is 5.69 Å². The number of benzene rings is 2. The van der Waals surface area contributed by atoms with Crippen molar-refractivity contribution >= 4 is 29.0 Å². The van der Waals surface area contributed by atoms with Crippen LogP contribution < -0.4 is 5.32 Å². The van der Waals surface area contributed by atoms with Crippen molar-refractivity contribution in [2.45, 2.75) is 40.0 Å². The summed E-state index contributed by atoms with van der Waals surface area (Å²) in [7, 11) is 0. The number of nitrogens with one attached hydrogen (secondary N) is 1. The lowest BCUT2D eigenvalue weighted by Crippen LogP contribution is -2.43.